The summed E-state index contributed by atoms with van der Waals surface area (Å²) in [5, 5.41) is 11.4. The predicted octanol–water partition coefficient (Wildman–Crippen LogP) is 1.96. The number of amides is 1. The van der Waals surface area contributed by atoms with Gasteiger partial charge in [0.15, 0.2) is 0 Å². The summed E-state index contributed by atoms with van der Waals surface area (Å²) < 4.78 is 0. The Morgan fingerprint density at radius 3 is 2.50 bits per heavy atom. The van der Waals surface area contributed by atoms with Crippen LogP contribution < -0.4 is 5.32 Å². The average molecular weight is 227 g/mol. The second-order valence-electron chi connectivity index (χ2n) is 4.27. The minimum absolute atomic E-state index is 0.199. The number of aliphatic carboxylic acids is 1. The van der Waals surface area contributed by atoms with Crippen LogP contribution in [0.1, 0.15) is 39.5 Å². The van der Waals surface area contributed by atoms with E-state index in [4.69, 9.17) is 5.11 Å². The number of nitrogens with one attached hydrogen (secondary N) is 1. The lowest BCUT2D eigenvalue weighted by atomic mass is 10.0. The van der Waals surface area contributed by atoms with Gasteiger partial charge in [-0.05, 0) is 25.2 Å². The van der Waals surface area contributed by atoms with Crippen molar-refractivity contribution < 1.29 is 14.7 Å². The summed E-state index contributed by atoms with van der Waals surface area (Å²) in [6.45, 7) is 7.42. The van der Waals surface area contributed by atoms with Gasteiger partial charge in [-0.15, -0.1) is 6.58 Å². The molecule has 0 rings (SSSR count). The zero-order chi connectivity index (χ0) is 12.6. The molecule has 0 saturated carbocycles. The van der Waals surface area contributed by atoms with Crippen LogP contribution in [0.4, 0.5) is 0 Å². The molecule has 0 heterocycles. The average Bonchev–Trinajstić information content (AvgIpc) is 2.16. The van der Waals surface area contributed by atoms with Gasteiger partial charge in [-0.2, -0.15) is 0 Å². The van der Waals surface area contributed by atoms with Crippen molar-refractivity contribution in [3.8, 4) is 0 Å². The molecule has 1 amide bonds. The molecule has 0 saturated heterocycles. The molecule has 0 spiro atoms. The van der Waals surface area contributed by atoms with Gasteiger partial charge in [0.25, 0.3) is 0 Å². The second-order valence-corrected chi connectivity index (χ2v) is 4.27. The van der Waals surface area contributed by atoms with E-state index in [0.29, 0.717) is 19.3 Å². The van der Waals surface area contributed by atoms with E-state index >= 15 is 0 Å². The number of rotatable bonds is 8. The van der Waals surface area contributed by atoms with Crippen molar-refractivity contribution in [1.82, 2.24) is 5.32 Å². The lowest BCUT2D eigenvalue weighted by Crippen LogP contribution is -2.41. The molecule has 2 N–H and O–H groups in total. The number of carbonyl (C=O) groups is 2. The van der Waals surface area contributed by atoms with Crippen LogP contribution in [0.3, 0.4) is 0 Å². The summed E-state index contributed by atoms with van der Waals surface area (Å²) in [6, 6.07) is -0.767. The molecule has 0 bridgehead atoms. The Labute approximate surface area is 96.7 Å². The monoisotopic (exact) mass is 227 g/mol. The number of allylic oxidation sites excluding steroid dienone is 1. The van der Waals surface area contributed by atoms with Gasteiger partial charge in [0.05, 0.1) is 0 Å². The quantitative estimate of drug-likeness (QED) is 0.492. The van der Waals surface area contributed by atoms with Crippen molar-refractivity contribution in [3.63, 3.8) is 0 Å². The summed E-state index contributed by atoms with van der Waals surface area (Å²) in [4.78, 5) is 22.3. The Morgan fingerprint density at radius 1 is 1.44 bits per heavy atom. The largest absolute Gasteiger partial charge is 0.480 e. The molecule has 0 aromatic heterocycles. The van der Waals surface area contributed by atoms with Crippen LogP contribution in [0, 0.1) is 5.92 Å². The number of carboxylic acid groups (broad SMARTS) is 1. The van der Waals surface area contributed by atoms with E-state index in [9.17, 15) is 9.59 Å². The van der Waals surface area contributed by atoms with Gasteiger partial charge < -0.3 is 10.4 Å². The summed E-state index contributed by atoms with van der Waals surface area (Å²) in [6.07, 6.45) is 4.05. The first-order chi connectivity index (χ1) is 7.47. The van der Waals surface area contributed by atoms with Gasteiger partial charge in [-0.1, -0.05) is 19.9 Å². The highest BCUT2D eigenvalue weighted by Crippen LogP contribution is 2.06. The normalized spacial score (nSPS) is 12.2. The number of carboxylic acids is 1. The maximum atomic E-state index is 11.4. The van der Waals surface area contributed by atoms with E-state index in [-0.39, 0.29) is 11.8 Å². The molecule has 0 aliphatic rings. The highest BCUT2D eigenvalue weighted by molar-refractivity contribution is 5.83. The fourth-order valence-corrected chi connectivity index (χ4v) is 1.37. The minimum atomic E-state index is -0.967. The van der Waals surface area contributed by atoms with E-state index in [1.165, 1.54) is 0 Å². The maximum Gasteiger partial charge on any atom is 0.326 e. The molecule has 0 fully saturated rings. The fraction of sp³-hybridized carbons (Fsp3) is 0.667. The molecule has 0 radical (unpaired) electrons. The predicted molar refractivity (Wildman–Crippen MR) is 63.1 cm³/mol. The first-order valence-electron chi connectivity index (χ1n) is 5.60. The van der Waals surface area contributed by atoms with Crippen molar-refractivity contribution in [2.75, 3.05) is 0 Å². The smallest absolute Gasteiger partial charge is 0.326 e. The van der Waals surface area contributed by atoms with Crippen LogP contribution in [0.5, 0.6) is 0 Å². The van der Waals surface area contributed by atoms with Crippen LogP contribution in [-0.2, 0) is 9.59 Å². The maximum absolute atomic E-state index is 11.4. The summed E-state index contributed by atoms with van der Waals surface area (Å²) >= 11 is 0. The molecule has 4 heteroatoms. The first-order valence-corrected chi connectivity index (χ1v) is 5.60. The Kier molecular flexibility index (Phi) is 7.25. The van der Waals surface area contributed by atoms with E-state index in [1.54, 1.807) is 6.08 Å². The second kappa shape index (κ2) is 7.91. The molecule has 0 aliphatic carbocycles. The van der Waals surface area contributed by atoms with Crippen molar-refractivity contribution in [2.24, 2.45) is 5.92 Å². The number of hydrogen-bond acceptors (Lipinski definition) is 2. The Balaban J connectivity index is 4.03. The molecular formula is C12H21NO3. The Bertz CT molecular complexity index is 249. The standard InChI is InChI=1S/C12H21NO3/c1-4-5-6-7-11(14)13-10(12(15)16)8-9(2)3/h4,9-10H,1,5-8H2,2-3H3,(H,13,14)(H,15,16). The SMILES string of the molecule is C=CCCCC(=O)NC(CC(C)C)C(=O)O. The Hall–Kier alpha value is -1.32. The number of carbonyl (C=O) groups excluding carboxylic acids is 1. The van der Waals surface area contributed by atoms with E-state index in [0.717, 1.165) is 6.42 Å². The molecule has 1 unspecified atom stereocenters. The molecule has 0 aromatic carbocycles. The van der Waals surface area contributed by atoms with Gasteiger partial charge in [0, 0.05) is 6.42 Å². The highest BCUT2D eigenvalue weighted by Gasteiger charge is 2.20. The van der Waals surface area contributed by atoms with Crippen LogP contribution in [-0.4, -0.2) is 23.0 Å². The van der Waals surface area contributed by atoms with Gasteiger partial charge in [-0.25, -0.2) is 4.79 Å². The summed E-state index contributed by atoms with van der Waals surface area (Å²) in [5.74, 6) is -0.921. The van der Waals surface area contributed by atoms with E-state index < -0.39 is 12.0 Å². The first kappa shape index (κ1) is 14.7. The fourth-order valence-electron chi connectivity index (χ4n) is 1.37. The van der Waals surface area contributed by atoms with Crippen molar-refractivity contribution >= 4 is 11.9 Å². The summed E-state index contributed by atoms with van der Waals surface area (Å²) in [7, 11) is 0. The molecule has 16 heavy (non-hydrogen) atoms. The molecule has 92 valence electrons. The van der Waals surface area contributed by atoms with Crippen LogP contribution in [0.25, 0.3) is 0 Å². The van der Waals surface area contributed by atoms with Gasteiger partial charge in [-0.3, -0.25) is 4.79 Å². The topological polar surface area (TPSA) is 66.4 Å². The van der Waals surface area contributed by atoms with Crippen LogP contribution >= 0.6 is 0 Å². The third kappa shape index (κ3) is 7.04. The molecular weight excluding hydrogens is 206 g/mol. The zero-order valence-corrected chi connectivity index (χ0v) is 10.0. The number of hydrogen-bond donors (Lipinski definition) is 2. The lowest BCUT2D eigenvalue weighted by Gasteiger charge is -2.16. The van der Waals surface area contributed by atoms with E-state index in [1.807, 2.05) is 13.8 Å². The minimum Gasteiger partial charge on any atom is -0.480 e. The van der Waals surface area contributed by atoms with Crippen molar-refractivity contribution in [3.05, 3.63) is 12.7 Å². The summed E-state index contributed by atoms with van der Waals surface area (Å²) in [5.41, 5.74) is 0. The Morgan fingerprint density at radius 2 is 2.06 bits per heavy atom. The van der Waals surface area contributed by atoms with E-state index in [2.05, 4.69) is 11.9 Å². The molecule has 0 aliphatic heterocycles. The van der Waals surface area contributed by atoms with Crippen molar-refractivity contribution in [1.29, 1.82) is 0 Å². The van der Waals surface area contributed by atoms with Gasteiger partial charge in [0.2, 0.25) is 5.91 Å². The number of unbranched alkanes of at least 4 members (excludes halogenated alkanes) is 1. The van der Waals surface area contributed by atoms with Crippen LogP contribution in [0.2, 0.25) is 0 Å². The van der Waals surface area contributed by atoms with Gasteiger partial charge >= 0.3 is 5.97 Å². The third-order valence-corrected chi connectivity index (χ3v) is 2.15. The third-order valence-electron chi connectivity index (χ3n) is 2.15. The molecule has 1 atom stereocenters. The molecule has 4 nitrogen and oxygen atoms in total. The zero-order valence-electron chi connectivity index (χ0n) is 10.0. The van der Waals surface area contributed by atoms with Gasteiger partial charge in [0.1, 0.15) is 6.04 Å². The molecule has 0 aromatic rings. The van der Waals surface area contributed by atoms with Crippen molar-refractivity contribution in [2.45, 2.75) is 45.6 Å². The van der Waals surface area contributed by atoms with Crippen LogP contribution in [0.15, 0.2) is 12.7 Å². The lowest BCUT2D eigenvalue weighted by molar-refractivity contribution is -0.142. The highest BCUT2D eigenvalue weighted by atomic mass is 16.4.